The molecule has 0 radical (unpaired) electrons. The normalized spacial score (nSPS) is 10.9. The lowest BCUT2D eigenvalue weighted by Gasteiger charge is -2.14. The lowest BCUT2D eigenvalue weighted by molar-refractivity contribution is -0.116. The van der Waals surface area contributed by atoms with Crippen molar-refractivity contribution in [1.82, 2.24) is 9.13 Å². The van der Waals surface area contributed by atoms with E-state index in [0.717, 1.165) is 5.56 Å². The first-order valence-corrected chi connectivity index (χ1v) is 11.4. The number of para-hydroxylation sites is 1. The van der Waals surface area contributed by atoms with Crippen LogP contribution in [-0.2, 0) is 17.9 Å². The number of benzene rings is 3. The Morgan fingerprint density at radius 3 is 2.34 bits per heavy atom. The number of carbonyl (C=O) groups is 1. The molecule has 4 rings (SSSR count). The maximum Gasteiger partial charge on any atom is 0.331 e. The van der Waals surface area contributed by atoms with Crippen LogP contribution in [0.4, 0.5) is 10.1 Å². The van der Waals surface area contributed by atoms with Gasteiger partial charge in [0.2, 0.25) is 5.91 Å². The van der Waals surface area contributed by atoms with E-state index < -0.39 is 5.69 Å². The van der Waals surface area contributed by atoms with E-state index in [1.807, 2.05) is 0 Å². The van der Waals surface area contributed by atoms with E-state index in [4.69, 9.17) is 4.74 Å². The summed E-state index contributed by atoms with van der Waals surface area (Å²) in [6, 6.07) is 19.9. The maximum atomic E-state index is 13.3. The second-order valence-corrected chi connectivity index (χ2v) is 8.20. The summed E-state index contributed by atoms with van der Waals surface area (Å²) in [5, 5.41) is 3.26. The smallest absolute Gasteiger partial charge is 0.331 e. The van der Waals surface area contributed by atoms with E-state index in [1.165, 1.54) is 21.3 Å². The Morgan fingerprint density at radius 1 is 0.914 bits per heavy atom. The lowest BCUT2D eigenvalue weighted by Crippen LogP contribution is -2.40. The zero-order chi connectivity index (χ0) is 24.8. The van der Waals surface area contributed by atoms with Crippen LogP contribution in [0.3, 0.4) is 0 Å². The molecule has 0 spiro atoms. The van der Waals surface area contributed by atoms with Crippen LogP contribution in [-0.4, -0.2) is 22.2 Å². The number of nitrogens with zero attached hydrogens (tertiary/aromatic N) is 2. The Balaban J connectivity index is 1.46. The Bertz CT molecular complexity index is 1440. The summed E-state index contributed by atoms with van der Waals surface area (Å²) >= 11 is 0. The van der Waals surface area contributed by atoms with Gasteiger partial charge in [-0.2, -0.15) is 0 Å². The molecule has 7 nitrogen and oxygen atoms in total. The number of aromatic nitrogens is 2. The van der Waals surface area contributed by atoms with Gasteiger partial charge in [0, 0.05) is 18.7 Å². The standard InChI is InChI=1S/C27H26FN3O4/c1-35-22-15-13-21(14-16-22)29-25(32)8-4-5-17-30-26(33)23-6-2-3-7-24(23)31(27(30)34)18-19-9-11-20(28)12-10-19/h2-3,6-7,9-16H,4-5,8,17-18H2,1H3,(H,29,32). The average Bonchev–Trinajstić information content (AvgIpc) is 2.87. The molecule has 180 valence electrons. The van der Waals surface area contributed by atoms with Gasteiger partial charge in [0.15, 0.2) is 0 Å². The number of rotatable bonds is 9. The highest BCUT2D eigenvalue weighted by atomic mass is 19.1. The van der Waals surface area contributed by atoms with Crippen LogP contribution in [0.2, 0.25) is 0 Å². The van der Waals surface area contributed by atoms with Gasteiger partial charge in [0.1, 0.15) is 11.6 Å². The number of unbranched alkanes of at least 4 members (excludes halogenated alkanes) is 1. The molecule has 0 fully saturated rings. The fraction of sp³-hybridized carbons (Fsp3) is 0.222. The summed E-state index contributed by atoms with van der Waals surface area (Å²) in [4.78, 5) is 38.6. The summed E-state index contributed by atoms with van der Waals surface area (Å²) in [5.41, 5.74) is 1.16. The fourth-order valence-corrected chi connectivity index (χ4v) is 3.95. The molecule has 0 aliphatic carbocycles. The molecule has 1 N–H and O–H groups in total. The predicted octanol–water partition coefficient (Wildman–Crippen LogP) is 4.17. The molecule has 0 unspecified atom stereocenters. The highest BCUT2D eigenvalue weighted by molar-refractivity contribution is 5.90. The maximum absolute atomic E-state index is 13.3. The van der Waals surface area contributed by atoms with Crippen molar-refractivity contribution < 1.29 is 13.9 Å². The van der Waals surface area contributed by atoms with Crippen LogP contribution >= 0.6 is 0 Å². The molecule has 0 saturated heterocycles. The third-order valence-electron chi connectivity index (χ3n) is 5.80. The number of hydrogen-bond donors (Lipinski definition) is 1. The van der Waals surface area contributed by atoms with E-state index in [1.54, 1.807) is 67.8 Å². The van der Waals surface area contributed by atoms with Gasteiger partial charge in [-0.25, -0.2) is 9.18 Å². The van der Waals surface area contributed by atoms with Crippen molar-refractivity contribution in [1.29, 1.82) is 0 Å². The van der Waals surface area contributed by atoms with Crippen molar-refractivity contribution in [2.75, 3.05) is 12.4 Å². The number of carbonyl (C=O) groups excluding carboxylic acids is 1. The van der Waals surface area contributed by atoms with Crippen LogP contribution in [0.1, 0.15) is 24.8 Å². The first-order valence-electron chi connectivity index (χ1n) is 11.4. The Morgan fingerprint density at radius 2 is 1.63 bits per heavy atom. The summed E-state index contributed by atoms with van der Waals surface area (Å²) < 4.78 is 21.2. The summed E-state index contributed by atoms with van der Waals surface area (Å²) in [6.07, 6.45) is 1.26. The number of methoxy groups -OCH3 is 1. The average molecular weight is 476 g/mol. The largest absolute Gasteiger partial charge is 0.497 e. The van der Waals surface area contributed by atoms with Crippen molar-refractivity contribution in [2.24, 2.45) is 0 Å². The molecule has 3 aromatic carbocycles. The number of hydrogen-bond acceptors (Lipinski definition) is 4. The molecule has 0 atom stereocenters. The third kappa shape index (κ3) is 5.66. The van der Waals surface area contributed by atoms with Crippen molar-refractivity contribution in [3.05, 3.63) is 105 Å². The van der Waals surface area contributed by atoms with Gasteiger partial charge in [-0.05, 0) is 66.9 Å². The van der Waals surface area contributed by atoms with Gasteiger partial charge in [-0.3, -0.25) is 18.7 Å². The highest BCUT2D eigenvalue weighted by Gasteiger charge is 2.13. The number of halogens is 1. The van der Waals surface area contributed by atoms with Gasteiger partial charge < -0.3 is 10.1 Å². The van der Waals surface area contributed by atoms with E-state index in [9.17, 15) is 18.8 Å². The van der Waals surface area contributed by atoms with Crippen LogP contribution in [0, 0.1) is 5.82 Å². The minimum absolute atomic E-state index is 0.144. The molecule has 4 aromatic rings. The predicted molar refractivity (Wildman–Crippen MR) is 133 cm³/mol. The van der Waals surface area contributed by atoms with Crippen LogP contribution in [0.25, 0.3) is 10.9 Å². The van der Waals surface area contributed by atoms with E-state index in [0.29, 0.717) is 35.2 Å². The van der Waals surface area contributed by atoms with Crippen molar-refractivity contribution in [3.63, 3.8) is 0 Å². The van der Waals surface area contributed by atoms with Gasteiger partial charge in [0.25, 0.3) is 5.56 Å². The second-order valence-electron chi connectivity index (χ2n) is 8.20. The molecule has 35 heavy (non-hydrogen) atoms. The van der Waals surface area contributed by atoms with Crippen molar-refractivity contribution in [3.8, 4) is 5.75 Å². The van der Waals surface area contributed by atoms with E-state index in [2.05, 4.69) is 5.32 Å². The summed E-state index contributed by atoms with van der Waals surface area (Å²) in [5.74, 6) is 0.204. The summed E-state index contributed by atoms with van der Waals surface area (Å²) in [6.45, 7) is 0.409. The molecule has 1 amide bonds. The Labute approximate surface area is 201 Å². The number of ether oxygens (including phenoxy) is 1. The zero-order valence-electron chi connectivity index (χ0n) is 19.4. The SMILES string of the molecule is COc1ccc(NC(=O)CCCCn2c(=O)c3ccccc3n(Cc3ccc(F)cc3)c2=O)cc1. The van der Waals surface area contributed by atoms with Crippen molar-refractivity contribution >= 4 is 22.5 Å². The van der Waals surface area contributed by atoms with Crippen LogP contribution < -0.4 is 21.3 Å². The molecule has 8 heteroatoms. The fourth-order valence-electron chi connectivity index (χ4n) is 3.95. The lowest BCUT2D eigenvalue weighted by atomic mass is 10.2. The molecular formula is C27H26FN3O4. The van der Waals surface area contributed by atoms with Crippen molar-refractivity contribution in [2.45, 2.75) is 32.4 Å². The monoisotopic (exact) mass is 475 g/mol. The van der Waals surface area contributed by atoms with Gasteiger partial charge >= 0.3 is 5.69 Å². The van der Waals surface area contributed by atoms with Crippen LogP contribution in [0.5, 0.6) is 5.75 Å². The molecular weight excluding hydrogens is 449 g/mol. The Hall–Kier alpha value is -4.20. The minimum atomic E-state index is -0.430. The molecule has 0 saturated carbocycles. The summed E-state index contributed by atoms with van der Waals surface area (Å²) in [7, 11) is 1.58. The second kappa shape index (κ2) is 10.8. The zero-order valence-corrected chi connectivity index (χ0v) is 19.4. The number of amides is 1. The molecule has 0 aliphatic heterocycles. The molecule has 0 aliphatic rings. The van der Waals surface area contributed by atoms with E-state index in [-0.39, 0.29) is 36.8 Å². The number of fused-ring (bicyclic) bond motifs is 1. The Kier molecular flexibility index (Phi) is 7.40. The number of nitrogens with one attached hydrogen (secondary N) is 1. The van der Waals surface area contributed by atoms with Gasteiger partial charge in [-0.1, -0.05) is 24.3 Å². The highest BCUT2D eigenvalue weighted by Crippen LogP contribution is 2.16. The molecule has 1 aromatic heterocycles. The molecule has 1 heterocycles. The van der Waals surface area contributed by atoms with Gasteiger partial charge in [0.05, 0.1) is 24.6 Å². The quantitative estimate of drug-likeness (QED) is 0.369. The third-order valence-corrected chi connectivity index (χ3v) is 5.80. The minimum Gasteiger partial charge on any atom is -0.497 e. The van der Waals surface area contributed by atoms with Crippen LogP contribution in [0.15, 0.2) is 82.4 Å². The number of anilines is 1. The van der Waals surface area contributed by atoms with Gasteiger partial charge in [-0.15, -0.1) is 0 Å². The topological polar surface area (TPSA) is 82.3 Å². The molecule has 0 bridgehead atoms. The first-order chi connectivity index (χ1) is 17.0. The first kappa shape index (κ1) is 23.9. The van der Waals surface area contributed by atoms with E-state index >= 15 is 0 Å².